The summed E-state index contributed by atoms with van der Waals surface area (Å²) in [5.41, 5.74) is 0. The number of halogens is 1. The van der Waals surface area contributed by atoms with Crippen LogP contribution in [0.4, 0.5) is 4.39 Å². The second-order valence-corrected chi connectivity index (χ2v) is 1.72. The third kappa shape index (κ3) is 3.49. The minimum atomic E-state index is -0.319. The fourth-order valence-corrected chi connectivity index (χ4v) is 0.610. The van der Waals surface area contributed by atoms with Gasteiger partial charge in [-0.05, 0) is 12.1 Å². The summed E-state index contributed by atoms with van der Waals surface area (Å²) < 4.78 is 17.1. The van der Waals surface area contributed by atoms with E-state index in [1.165, 1.54) is 13.2 Å². The molecule has 0 aliphatic heterocycles. The van der Waals surface area contributed by atoms with Crippen LogP contribution in [-0.4, -0.2) is 13.3 Å². The maximum absolute atomic E-state index is 12.5. The van der Waals surface area contributed by atoms with E-state index in [9.17, 15) is 4.39 Å². The van der Waals surface area contributed by atoms with Gasteiger partial charge in [0.1, 0.15) is 0 Å². The molecule has 12 heavy (non-hydrogen) atoms. The van der Waals surface area contributed by atoms with Gasteiger partial charge in [-0.3, -0.25) is 0 Å². The van der Waals surface area contributed by atoms with Gasteiger partial charge in [-0.25, -0.2) is 4.39 Å². The van der Waals surface area contributed by atoms with Crippen LogP contribution in [0, 0.1) is 5.82 Å². The molecule has 0 N–H and O–H groups in total. The molecule has 1 rings (SSSR count). The molecule has 0 atom stereocenters. The van der Waals surface area contributed by atoms with Crippen LogP contribution in [0.3, 0.4) is 0 Å². The first kappa shape index (κ1) is 10.3. The lowest BCUT2D eigenvalue weighted by Crippen LogP contribution is -1.85. The van der Waals surface area contributed by atoms with Gasteiger partial charge in [-0.15, -0.1) is 0 Å². The highest BCUT2D eigenvalue weighted by Gasteiger charge is 1.95. The Morgan fingerprint density at radius 2 is 1.83 bits per heavy atom. The Kier molecular flexibility index (Phi) is 5.22. The van der Waals surface area contributed by atoms with Crippen molar-refractivity contribution in [3.8, 4) is 5.75 Å². The Morgan fingerprint density at radius 1 is 1.33 bits per heavy atom. The SMILES string of the molecule is COc1ccccc1F.O=C=O. The number of hydrogen-bond donors (Lipinski definition) is 0. The van der Waals surface area contributed by atoms with Crippen LogP contribution in [0.15, 0.2) is 24.3 Å². The highest BCUT2D eigenvalue weighted by molar-refractivity contribution is 5.23. The number of benzene rings is 1. The van der Waals surface area contributed by atoms with Gasteiger partial charge < -0.3 is 4.74 Å². The van der Waals surface area contributed by atoms with Crippen molar-refractivity contribution in [3.05, 3.63) is 30.1 Å². The van der Waals surface area contributed by atoms with E-state index in [0.29, 0.717) is 0 Å². The molecule has 1 aromatic rings. The number of carbonyl (C=O) groups excluding carboxylic acids is 2. The highest BCUT2D eigenvalue weighted by Crippen LogP contribution is 2.13. The van der Waals surface area contributed by atoms with Crippen LogP contribution in [0.1, 0.15) is 0 Å². The van der Waals surface area contributed by atoms with Crippen molar-refractivity contribution < 1.29 is 18.7 Å². The summed E-state index contributed by atoms with van der Waals surface area (Å²) in [6.07, 6.45) is 0.250. The molecule has 0 aromatic heterocycles. The molecular formula is C8H7FO3. The van der Waals surface area contributed by atoms with Crippen LogP contribution in [0.2, 0.25) is 0 Å². The van der Waals surface area contributed by atoms with E-state index in [-0.39, 0.29) is 17.7 Å². The third-order valence-corrected chi connectivity index (χ3v) is 1.06. The Hall–Kier alpha value is -1.67. The molecule has 0 bridgehead atoms. The Balaban J connectivity index is 0.000000354. The number of ether oxygens (including phenoxy) is 1. The molecule has 0 heterocycles. The largest absolute Gasteiger partial charge is 0.494 e. The molecule has 0 aliphatic rings. The van der Waals surface area contributed by atoms with Gasteiger partial charge in [0.2, 0.25) is 0 Å². The van der Waals surface area contributed by atoms with Crippen molar-refractivity contribution in [2.24, 2.45) is 0 Å². The van der Waals surface area contributed by atoms with Crippen LogP contribution >= 0.6 is 0 Å². The summed E-state index contributed by atoms with van der Waals surface area (Å²) in [5, 5.41) is 0. The highest BCUT2D eigenvalue weighted by atomic mass is 19.1. The average Bonchev–Trinajstić information content (AvgIpc) is 2.07. The first-order chi connectivity index (χ1) is 5.76. The van der Waals surface area contributed by atoms with Gasteiger partial charge in [0.05, 0.1) is 7.11 Å². The molecule has 4 heteroatoms. The van der Waals surface area contributed by atoms with Crippen molar-refractivity contribution in [1.29, 1.82) is 0 Å². The van der Waals surface area contributed by atoms with Gasteiger partial charge in [-0.1, -0.05) is 12.1 Å². The van der Waals surface area contributed by atoms with E-state index in [1.807, 2.05) is 0 Å². The number of hydrogen-bond acceptors (Lipinski definition) is 3. The van der Waals surface area contributed by atoms with Crippen molar-refractivity contribution in [2.75, 3.05) is 7.11 Å². The number of methoxy groups -OCH3 is 1. The molecular weight excluding hydrogens is 163 g/mol. The zero-order chi connectivity index (χ0) is 9.40. The molecule has 0 saturated heterocycles. The number of rotatable bonds is 1. The Labute approximate surface area is 68.8 Å². The average molecular weight is 170 g/mol. The standard InChI is InChI=1S/C7H7FO.CO2/c1-9-7-5-3-2-4-6(7)8;2-1-3/h2-5H,1H3;. The molecule has 0 amide bonds. The second kappa shape index (κ2) is 6.07. The second-order valence-electron chi connectivity index (χ2n) is 1.72. The minimum Gasteiger partial charge on any atom is -0.494 e. The summed E-state index contributed by atoms with van der Waals surface area (Å²) >= 11 is 0. The zero-order valence-electron chi connectivity index (χ0n) is 6.41. The first-order valence-electron chi connectivity index (χ1n) is 3.04. The molecule has 3 nitrogen and oxygen atoms in total. The van der Waals surface area contributed by atoms with E-state index in [4.69, 9.17) is 9.59 Å². The first-order valence-corrected chi connectivity index (χ1v) is 3.04. The van der Waals surface area contributed by atoms with Gasteiger partial charge >= 0.3 is 6.15 Å². The van der Waals surface area contributed by atoms with Crippen molar-refractivity contribution >= 4 is 6.15 Å². The molecule has 64 valence electrons. The van der Waals surface area contributed by atoms with Crippen LogP contribution < -0.4 is 4.74 Å². The summed E-state index contributed by atoms with van der Waals surface area (Å²) in [5.74, 6) is -0.0301. The van der Waals surface area contributed by atoms with E-state index >= 15 is 0 Å². The van der Waals surface area contributed by atoms with Crippen LogP contribution in [0.5, 0.6) is 5.75 Å². The van der Waals surface area contributed by atoms with Gasteiger partial charge in [0, 0.05) is 0 Å². The Bertz CT molecular complexity index is 267. The van der Waals surface area contributed by atoms with Gasteiger partial charge in [0.25, 0.3) is 0 Å². The summed E-state index contributed by atoms with van der Waals surface area (Å²) in [4.78, 5) is 16.2. The van der Waals surface area contributed by atoms with Crippen LogP contribution in [-0.2, 0) is 9.59 Å². The fourth-order valence-electron chi connectivity index (χ4n) is 0.610. The van der Waals surface area contributed by atoms with E-state index < -0.39 is 0 Å². The maximum Gasteiger partial charge on any atom is 0.373 e. The molecule has 0 fully saturated rings. The molecule has 0 radical (unpaired) electrons. The summed E-state index contributed by atoms with van der Waals surface area (Å²) in [6, 6.07) is 6.29. The predicted octanol–water partition coefficient (Wildman–Crippen LogP) is 1.25. The van der Waals surface area contributed by atoms with Gasteiger partial charge in [-0.2, -0.15) is 9.59 Å². The van der Waals surface area contributed by atoms with Crippen molar-refractivity contribution in [1.82, 2.24) is 0 Å². The fraction of sp³-hybridized carbons (Fsp3) is 0.125. The topological polar surface area (TPSA) is 43.4 Å². The van der Waals surface area contributed by atoms with Gasteiger partial charge in [0.15, 0.2) is 11.6 Å². The van der Waals surface area contributed by atoms with E-state index in [0.717, 1.165) is 0 Å². The third-order valence-electron chi connectivity index (χ3n) is 1.06. The summed E-state index contributed by atoms with van der Waals surface area (Å²) in [7, 11) is 1.44. The molecule has 0 saturated carbocycles. The number of para-hydroxylation sites is 1. The summed E-state index contributed by atoms with van der Waals surface area (Å²) in [6.45, 7) is 0. The lowest BCUT2D eigenvalue weighted by Gasteiger charge is -1.97. The predicted molar refractivity (Wildman–Crippen MR) is 38.0 cm³/mol. The molecule has 0 aliphatic carbocycles. The smallest absolute Gasteiger partial charge is 0.373 e. The van der Waals surface area contributed by atoms with E-state index in [1.54, 1.807) is 18.2 Å². The monoisotopic (exact) mass is 170 g/mol. The Morgan fingerprint density at radius 3 is 2.17 bits per heavy atom. The lowest BCUT2D eigenvalue weighted by molar-refractivity contribution is -0.191. The van der Waals surface area contributed by atoms with Crippen molar-refractivity contribution in [2.45, 2.75) is 0 Å². The van der Waals surface area contributed by atoms with Crippen LogP contribution in [0.25, 0.3) is 0 Å². The van der Waals surface area contributed by atoms with Crippen molar-refractivity contribution in [3.63, 3.8) is 0 Å². The normalized spacial score (nSPS) is 7.50. The molecule has 1 aromatic carbocycles. The molecule has 0 spiro atoms. The maximum atomic E-state index is 12.5. The zero-order valence-corrected chi connectivity index (χ0v) is 6.41. The minimum absolute atomic E-state index is 0.250. The van der Waals surface area contributed by atoms with E-state index in [2.05, 4.69) is 4.74 Å². The molecule has 0 unspecified atom stereocenters. The quantitative estimate of drug-likeness (QED) is 0.637. The lowest BCUT2D eigenvalue weighted by atomic mass is 10.3.